The van der Waals surface area contributed by atoms with Crippen LogP contribution in [0.3, 0.4) is 0 Å². The van der Waals surface area contributed by atoms with Crippen molar-refractivity contribution >= 4 is 18.1 Å². The first-order chi connectivity index (χ1) is 19.9. The molecule has 0 aromatic rings. The van der Waals surface area contributed by atoms with Gasteiger partial charge in [-0.3, -0.25) is 4.99 Å². The van der Waals surface area contributed by atoms with E-state index in [0.29, 0.717) is 12.6 Å². The van der Waals surface area contributed by atoms with Gasteiger partial charge in [0, 0.05) is 54.6 Å². The van der Waals surface area contributed by atoms with Gasteiger partial charge >= 0.3 is 0 Å². The number of hydrogen-bond acceptors (Lipinski definition) is 6. The molecule has 4 fully saturated rings. The predicted octanol–water partition coefficient (Wildman–Crippen LogP) is 6.80. The minimum atomic E-state index is 0.222. The average molecular weight is 561 g/mol. The number of allylic oxidation sites excluding steroid dienone is 3. The molecule has 0 aromatic heterocycles. The monoisotopic (exact) mass is 560 g/mol. The third kappa shape index (κ3) is 8.75. The summed E-state index contributed by atoms with van der Waals surface area (Å²) in [6.07, 6.45) is 25.3. The third-order valence-electron chi connectivity index (χ3n) is 9.81. The van der Waals surface area contributed by atoms with Crippen molar-refractivity contribution in [2.45, 2.75) is 109 Å². The molecule has 6 heteroatoms. The van der Waals surface area contributed by atoms with Gasteiger partial charge in [-0.15, -0.1) is 12.8 Å². The average Bonchev–Trinajstić information content (AvgIpc) is 3.39. The van der Waals surface area contributed by atoms with E-state index in [9.17, 15) is 0 Å². The molecule has 4 rings (SSSR count). The highest BCUT2D eigenvalue weighted by molar-refractivity contribution is 6.02. The highest BCUT2D eigenvalue weighted by Crippen LogP contribution is 2.35. The van der Waals surface area contributed by atoms with Gasteiger partial charge in [0.15, 0.2) is 0 Å². The van der Waals surface area contributed by atoms with Crippen LogP contribution in [-0.2, 0) is 0 Å². The van der Waals surface area contributed by atoms with Gasteiger partial charge in [-0.25, -0.2) is 4.99 Å². The maximum Gasteiger partial charge on any atom is 0.129 e. The molecule has 2 N–H and O–H groups in total. The lowest BCUT2D eigenvalue weighted by Crippen LogP contribution is -2.63. The molecular formula is C35H56N6. The molecule has 4 aliphatic rings. The number of rotatable bonds is 12. The second kappa shape index (κ2) is 16.2. The van der Waals surface area contributed by atoms with Crippen molar-refractivity contribution in [3.05, 3.63) is 35.2 Å². The van der Waals surface area contributed by atoms with Crippen molar-refractivity contribution in [1.82, 2.24) is 15.1 Å². The smallest absolute Gasteiger partial charge is 0.129 e. The fourth-order valence-electron chi connectivity index (χ4n) is 7.11. The Morgan fingerprint density at radius 2 is 1.93 bits per heavy atom. The molecule has 1 spiro atoms. The van der Waals surface area contributed by atoms with Crippen molar-refractivity contribution in [1.29, 1.82) is 5.41 Å². The van der Waals surface area contributed by atoms with Crippen LogP contribution in [0.1, 0.15) is 97.3 Å². The van der Waals surface area contributed by atoms with Crippen LogP contribution in [0.5, 0.6) is 0 Å². The minimum absolute atomic E-state index is 0.222. The van der Waals surface area contributed by atoms with Crippen molar-refractivity contribution in [2.24, 2.45) is 15.9 Å². The number of nitrogens with one attached hydrogen (secondary N) is 2. The summed E-state index contributed by atoms with van der Waals surface area (Å²) >= 11 is 0. The molecule has 2 aliphatic heterocycles. The Balaban J connectivity index is 0.00000226. The zero-order valence-electron chi connectivity index (χ0n) is 26.3. The van der Waals surface area contributed by atoms with E-state index in [1.807, 2.05) is 0 Å². The van der Waals surface area contributed by atoms with E-state index in [4.69, 9.17) is 10.4 Å². The lowest BCUT2D eigenvalue weighted by atomic mass is 9.75. The van der Waals surface area contributed by atoms with E-state index in [-0.39, 0.29) is 11.5 Å². The fourth-order valence-corrected chi connectivity index (χ4v) is 7.11. The highest BCUT2D eigenvalue weighted by Gasteiger charge is 2.40. The molecule has 6 nitrogen and oxygen atoms in total. The summed E-state index contributed by atoms with van der Waals surface area (Å²) < 4.78 is 0. The van der Waals surface area contributed by atoms with Gasteiger partial charge in [0.05, 0.1) is 6.54 Å². The third-order valence-corrected chi connectivity index (χ3v) is 9.81. The molecule has 2 heterocycles. The van der Waals surface area contributed by atoms with Crippen LogP contribution < -0.4 is 5.32 Å². The largest absolute Gasteiger partial charge is 0.353 e. The molecular weight excluding hydrogens is 504 g/mol. The van der Waals surface area contributed by atoms with Gasteiger partial charge in [0.1, 0.15) is 5.82 Å². The summed E-state index contributed by atoms with van der Waals surface area (Å²) in [5.74, 6) is 1.20. The predicted molar refractivity (Wildman–Crippen MR) is 177 cm³/mol. The van der Waals surface area contributed by atoms with Gasteiger partial charge < -0.3 is 20.5 Å². The van der Waals surface area contributed by atoms with Gasteiger partial charge in [-0.1, -0.05) is 31.9 Å². The van der Waals surface area contributed by atoms with Crippen LogP contribution in [-0.4, -0.2) is 79.3 Å². The number of aliphatic imine (C=N–C) groups is 2. The molecule has 1 unspecified atom stereocenters. The summed E-state index contributed by atoms with van der Waals surface area (Å²) in [7, 11) is 2.26. The zero-order chi connectivity index (χ0) is 29.8. The van der Waals surface area contributed by atoms with E-state index >= 15 is 0 Å². The van der Waals surface area contributed by atoms with Crippen molar-refractivity contribution in [3.8, 4) is 12.8 Å². The lowest BCUT2D eigenvalue weighted by Gasteiger charge is -2.50. The first-order valence-electron chi connectivity index (χ1n) is 16.1. The number of likely N-dealkylation sites (tertiary alicyclic amines) is 1. The van der Waals surface area contributed by atoms with E-state index in [2.05, 4.69) is 73.2 Å². The Kier molecular flexibility index (Phi) is 13.1. The summed E-state index contributed by atoms with van der Waals surface area (Å²) in [5.41, 5.74) is 5.91. The van der Waals surface area contributed by atoms with Gasteiger partial charge in [-0.2, -0.15) is 0 Å². The fraction of sp³-hybridized carbons (Fsp3) is 0.686. The van der Waals surface area contributed by atoms with Crippen LogP contribution in [0, 0.1) is 24.2 Å². The Morgan fingerprint density at radius 1 is 1.15 bits per heavy atom. The van der Waals surface area contributed by atoms with Gasteiger partial charge in [-0.05, 0) is 109 Å². The maximum atomic E-state index is 9.12. The number of piperazine rings is 1. The molecule has 0 aromatic carbocycles. The first-order valence-corrected chi connectivity index (χ1v) is 16.1. The van der Waals surface area contributed by atoms with Gasteiger partial charge in [0.25, 0.3) is 0 Å². The molecule has 2 atom stereocenters. The quantitative estimate of drug-likeness (QED) is 0.157. The summed E-state index contributed by atoms with van der Waals surface area (Å²) in [6.45, 7) is 17.6. The van der Waals surface area contributed by atoms with Crippen LogP contribution in [0.15, 0.2) is 45.2 Å². The zero-order valence-corrected chi connectivity index (χ0v) is 26.3. The molecule has 226 valence electrons. The normalized spacial score (nSPS) is 25.7. The summed E-state index contributed by atoms with van der Waals surface area (Å²) in [4.78, 5) is 14.7. The molecule has 0 bridgehead atoms. The second-order valence-electron chi connectivity index (χ2n) is 12.6. The Morgan fingerprint density at radius 3 is 2.54 bits per heavy atom. The van der Waals surface area contributed by atoms with Crippen LogP contribution in [0.4, 0.5) is 0 Å². The Labute approximate surface area is 251 Å². The van der Waals surface area contributed by atoms with Crippen molar-refractivity contribution < 1.29 is 0 Å². The molecule has 2 saturated carbocycles. The summed E-state index contributed by atoms with van der Waals surface area (Å²) in [6, 6.07) is 0.638. The van der Waals surface area contributed by atoms with Crippen molar-refractivity contribution in [2.75, 3.05) is 39.8 Å². The van der Waals surface area contributed by atoms with Crippen LogP contribution >= 0.6 is 0 Å². The lowest BCUT2D eigenvalue weighted by molar-refractivity contribution is 0.0904. The number of hydrogen-bond donors (Lipinski definition) is 2. The topological polar surface area (TPSA) is 67.1 Å². The highest BCUT2D eigenvalue weighted by atomic mass is 15.3. The number of terminal acetylenes is 1. The second-order valence-corrected chi connectivity index (χ2v) is 12.6. The first kappa shape index (κ1) is 33.0. The molecule has 0 radical (unpaired) electrons. The van der Waals surface area contributed by atoms with E-state index in [1.54, 1.807) is 0 Å². The maximum absolute atomic E-state index is 9.12. The summed E-state index contributed by atoms with van der Waals surface area (Å²) in [5, 5.41) is 12.9. The molecule has 41 heavy (non-hydrogen) atoms. The van der Waals surface area contributed by atoms with Crippen molar-refractivity contribution in [3.63, 3.8) is 0 Å². The van der Waals surface area contributed by atoms with E-state index < -0.39 is 0 Å². The standard InChI is InChI=1S/C33H54N6.C2H2/c1-6-11-29(32(34)30-14-8-7-12-25(30)2)26(3)23-36-27(15-16-28-13-9-20-38(28)5)22-31(35-4)39-21-19-37-33(24-39)17-10-18-33;1-2/h22,28,30,34,37H,2,4,6-21,23-24H2,1,3,5H3;1-2H/b29-26+,31-22+,34-32?,36-27?;/t28-,30?;/m0./s1. The number of nitrogens with zero attached hydrogens (tertiary/aromatic N) is 4. The molecule has 2 saturated heterocycles. The Bertz CT molecular complexity index is 1030. The minimum Gasteiger partial charge on any atom is -0.353 e. The van der Waals surface area contributed by atoms with Crippen LogP contribution in [0.2, 0.25) is 0 Å². The Hall–Kier alpha value is -2.49. The van der Waals surface area contributed by atoms with E-state index in [1.165, 1.54) is 68.2 Å². The van der Waals surface area contributed by atoms with Gasteiger partial charge in [0.2, 0.25) is 0 Å². The molecule has 2 aliphatic carbocycles. The SMILES string of the molecule is C#C.C=N/C(=C\C(CC[C@@H]1CCCN1C)=NC/C(C)=C(\CCC)C(=N)C1CCCCC1=C)N1CCNC2(CCC2)C1. The molecule has 0 amide bonds. The van der Waals surface area contributed by atoms with E-state index in [0.717, 1.165) is 75.4 Å². The van der Waals surface area contributed by atoms with Crippen LogP contribution in [0.25, 0.3) is 0 Å².